The van der Waals surface area contributed by atoms with Crippen LogP contribution in [-0.4, -0.2) is 32.7 Å². The molecule has 0 heterocycles. The molecule has 8 heteroatoms. The number of methoxy groups -OCH3 is 3. The second-order valence-electron chi connectivity index (χ2n) is 3.30. The molecule has 0 amide bonds. The monoisotopic (exact) mass is 284 g/mol. The number of ether oxygens (including phenoxy) is 3. The van der Waals surface area contributed by atoms with Crippen LogP contribution in [0.3, 0.4) is 0 Å². The van der Waals surface area contributed by atoms with Gasteiger partial charge in [0.15, 0.2) is 11.5 Å². The van der Waals surface area contributed by atoms with Crippen molar-refractivity contribution >= 4 is 23.5 Å². The largest absolute Gasteiger partial charge is 0.493 e. The van der Waals surface area contributed by atoms with Crippen molar-refractivity contribution in [2.75, 3.05) is 21.3 Å². The van der Waals surface area contributed by atoms with Crippen LogP contribution in [-0.2, 0) is 0 Å². The van der Waals surface area contributed by atoms with E-state index in [2.05, 4.69) is 16.0 Å². The number of hydrogen-bond acceptors (Lipinski definition) is 6. The molecule has 1 aromatic rings. The number of thiocarbonyl (C=S) groups is 1. The molecular formula is C11H16N4O3S. The van der Waals surface area contributed by atoms with Gasteiger partial charge in [-0.25, -0.2) is 5.84 Å². The summed E-state index contributed by atoms with van der Waals surface area (Å²) in [4.78, 5) is 0. The molecule has 0 aliphatic rings. The summed E-state index contributed by atoms with van der Waals surface area (Å²) in [5.41, 5.74) is 5.54. The molecule has 0 unspecified atom stereocenters. The van der Waals surface area contributed by atoms with Crippen molar-refractivity contribution in [2.24, 2.45) is 10.9 Å². The van der Waals surface area contributed by atoms with Crippen LogP contribution in [0.25, 0.3) is 0 Å². The number of hydrogen-bond donors (Lipinski definition) is 3. The Labute approximate surface area is 116 Å². The second kappa shape index (κ2) is 7.39. The predicted molar refractivity (Wildman–Crippen MR) is 76.7 cm³/mol. The first-order valence-electron chi connectivity index (χ1n) is 5.26. The third-order valence-corrected chi connectivity index (χ3v) is 2.41. The fourth-order valence-electron chi connectivity index (χ4n) is 1.37. The van der Waals surface area contributed by atoms with Gasteiger partial charge in [0.05, 0.1) is 27.5 Å². The zero-order chi connectivity index (χ0) is 14.3. The maximum absolute atomic E-state index is 5.22. The Bertz CT molecular complexity index is 454. The SMILES string of the molecule is COc1cc(C=NNC(=S)NN)cc(OC)c1OC. The zero-order valence-corrected chi connectivity index (χ0v) is 11.7. The summed E-state index contributed by atoms with van der Waals surface area (Å²) in [6.07, 6.45) is 1.55. The van der Waals surface area contributed by atoms with Gasteiger partial charge in [0.25, 0.3) is 0 Å². The van der Waals surface area contributed by atoms with Crippen molar-refractivity contribution in [3.05, 3.63) is 17.7 Å². The highest BCUT2D eigenvalue weighted by molar-refractivity contribution is 7.80. The molecule has 1 aromatic carbocycles. The number of nitrogens with zero attached hydrogens (tertiary/aromatic N) is 1. The first kappa shape index (κ1) is 15.0. The number of nitrogens with two attached hydrogens (primary N) is 1. The lowest BCUT2D eigenvalue weighted by Gasteiger charge is -2.12. The van der Waals surface area contributed by atoms with Crippen LogP contribution in [0.4, 0.5) is 0 Å². The van der Waals surface area contributed by atoms with Gasteiger partial charge in [-0.15, -0.1) is 0 Å². The van der Waals surface area contributed by atoms with E-state index in [1.54, 1.807) is 39.7 Å². The number of nitrogens with one attached hydrogen (secondary N) is 2. The lowest BCUT2D eigenvalue weighted by molar-refractivity contribution is 0.324. The fraction of sp³-hybridized carbons (Fsp3) is 0.273. The Morgan fingerprint density at radius 3 is 2.21 bits per heavy atom. The van der Waals surface area contributed by atoms with Gasteiger partial charge in [0.2, 0.25) is 10.9 Å². The summed E-state index contributed by atoms with van der Waals surface area (Å²) < 4.78 is 15.7. The zero-order valence-electron chi connectivity index (χ0n) is 10.9. The van der Waals surface area contributed by atoms with Crippen molar-refractivity contribution in [1.29, 1.82) is 0 Å². The highest BCUT2D eigenvalue weighted by Crippen LogP contribution is 2.37. The second-order valence-corrected chi connectivity index (χ2v) is 3.71. The van der Waals surface area contributed by atoms with Crippen LogP contribution in [0.1, 0.15) is 5.56 Å². The lowest BCUT2D eigenvalue weighted by atomic mass is 10.2. The molecule has 0 aromatic heterocycles. The van der Waals surface area contributed by atoms with E-state index in [9.17, 15) is 0 Å². The van der Waals surface area contributed by atoms with Crippen molar-refractivity contribution in [1.82, 2.24) is 10.9 Å². The number of benzene rings is 1. The average molecular weight is 284 g/mol. The van der Waals surface area contributed by atoms with Gasteiger partial charge < -0.3 is 14.2 Å². The first-order valence-corrected chi connectivity index (χ1v) is 5.66. The Hall–Kier alpha value is -2.06. The smallest absolute Gasteiger partial charge is 0.203 e. The third kappa shape index (κ3) is 3.97. The molecule has 0 aliphatic heterocycles. The summed E-state index contributed by atoms with van der Waals surface area (Å²) in [5, 5.41) is 4.12. The molecule has 0 aliphatic carbocycles. The fourth-order valence-corrected chi connectivity index (χ4v) is 1.43. The summed E-state index contributed by atoms with van der Waals surface area (Å²) >= 11 is 4.78. The standard InChI is InChI=1S/C11H16N4O3S/c1-16-8-4-7(6-13-15-11(19)14-12)5-9(17-2)10(8)18-3/h4-6H,12H2,1-3H3,(H2,14,15,19). The van der Waals surface area contributed by atoms with Crippen molar-refractivity contribution in [3.63, 3.8) is 0 Å². The summed E-state index contributed by atoms with van der Waals surface area (Å²) in [6.45, 7) is 0. The molecule has 0 saturated carbocycles. The Morgan fingerprint density at radius 2 is 1.79 bits per heavy atom. The minimum Gasteiger partial charge on any atom is -0.493 e. The van der Waals surface area contributed by atoms with Crippen molar-refractivity contribution < 1.29 is 14.2 Å². The van der Waals surface area contributed by atoms with Gasteiger partial charge in [-0.2, -0.15) is 5.10 Å². The lowest BCUT2D eigenvalue weighted by Crippen LogP contribution is -2.37. The molecule has 0 radical (unpaired) electrons. The minimum atomic E-state index is 0.212. The minimum absolute atomic E-state index is 0.212. The van der Waals surface area contributed by atoms with Crippen LogP contribution in [0.15, 0.2) is 17.2 Å². The molecule has 19 heavy (non-hydrogen) atoms. The van der Waals surface area contributed by atoms with E-state index in [4.69, 9.17) is 32.3 Å². The van der Waals surface area contributed by atoms with Crippen LogP contribution >= 0.6 is 12.2 Å². The topological polar surface area (TPSA) is 90.1 Å². The Morgan fingerprint density at radius 1 is 1.21 bits per heavy atom. The maximum atomic E-state index is 5.22. The highest BCUT2D eigenvalue weighted by Gasteiger charge is 2.12. The molecule has 104 valence electrons. The molecule has 0 saturated heterocycles. The molecule has 0 atom stereocenters. The average Bonchev–Trinajstić information content (AvgIpc) is 2.45. The normalized spacial score (nSPS) is 10.1. The number of hydrazine groups is 1. The van der Waals surface area contributed by atoms with E-state index in [0.29, 0.717) is 17.2 Å². The molecule has 1 rings (SSSR count). The first-order chi connectivity index (χ1) is 9.15. The van der Waals surface area contributed by atoms with E-state index >= 15 is 0 Å². The Balaban J connectivity index is 2.99. The van der Waals surface area contributed by atoms with Crippen LogP contribution in [0.2, 0.25) is 0 Å². The van der Waals surface area contributed by atoms with E-state index in [1.165, 1.54) is 0 Å². The number of hydrazone groups is 1. The van der Waals surface area contributed by atoms with Crippen molar-refractivity contribution in [2.45, 2.75) is 0 Å². The summed E-state index contributed by atoms with van der Waals surface area (Å²) in [6, 6.07) is 3.51. The molecule has 0 fully saturated rings. The quantitative estimate of drug-likeness (QED) is 0.312. The van der Waals surface area contributed by atoms with Gasteiger partial charge in [-0.05, 0) is 24.4 Å². The predicted octanol–water partition coefficient (Wildman–Crippen LogP) is 0.384. The van der Waals surface area contributed by atoms with Gasteiger partial charge in [-0.3, -0.25) is 10.9 Å². The molecule has 7 nitrogen and oxygen atoms in total. The van der Waals surface area contributed by atoms with Gasteiger partial charge in [-0.1, -0.05) is 0 Å². The van der Waals surface area contributed by atoms with Gasteiger partial charge in [0.1, 0.15) is 0 Å². The highest BCUT2D eigenvalue weighted by atomic mass is 32.1. The molecule has 4 N–H and O–H groups in total. The van der Waals surface area contributed by atoms with Gasteiger partial charge >= 0.3 is 0 Å². The van der Waals surface area contributed by atoms with Crippen LogP contribution in [0.5, 0.6) is 17.2 Å². The van der Waals surface area contributed by atoms with E-state index in [-0.39, 0.29) is 5.11 Å². The molecule has 0 bridgehead atoms. The van der Waals surface area contributed by atoms with Gasteiger partial charge in [0, 0.05) is 5.56 Å². The maximum Gasteiger partial charge on any atom is 0.203 e. The van der Waals surface area contributed by atoms with Crippen LogP contribution in [0, 0.1) is 0 Å². The molecule has 0 spiro atoms. The van der Waals surface area contributed by atoms with E-state index in [1.807, 2.05) is 0 Å². The third-order valence-electron chi connectivity index (χ3n) is 2.20. The summed E-state index contributed by atoms with van der Waals surface area (Å²) in [7, 11) is 4.63. The van der Waals surface area contributed by atoms with Crippen molar-refractivity contribution in [3.8, 4) is 17.2 Å². The molecular weight excluding hydrogens is 268 g/mol. The number of rotatable bonds is 5. The summed E-state index contributed by atoms with van der Waals surface area (Å²) in [5.74, 6) is 6.71. The Kier molecular flexibility index (Phi) is 5.83. The van der Waals surface area contributed by atoms with E-state index in [0.717, 1.165) is 5.56 Å². The van der Waals surface area contributed by atoms with Crippen LogP contribution < -0.4 is 30.9 Å². The van der Waals surface area contributed by atoms with E-state index < -0.39 is 0 Å².